The van der Waals surface area contributed by atoms with Crippen LogP contribution in [0.15, 0.2) is 41.8 Å². The van der Waals surface area contributed by atoms with Gasteiger partial charge in [0.2, 0.25) is 0 Å². The van der Waals surface area contributed by atoms with E-state index in [-0.39, 0.29) is 12.6 Å². The summed E-state index contributed by atoms with van der Waals surface area (Å²) < 4.78 is 4.86. The lowest BCUT2D eigenvalue weighted by Crippen LogP contribution is -2.06. The third kappa shape index (κ3) is 4.70. The summed E-state index contributed by atoms with van der Waals surface area (Å²) in [5.74, 6) is 0.136. The van der Waals surface area contributed by atoms with Crippen LogP contribution in [0, 0.1) is 6.92 Å². The number of thioether (sulfide) groups is 1. The van der Waals surface area contributed by atoms with Gasteiger partial charge in [-0.15, -0.1) is 11.8 Å². The van der Waals surface area contributed by atoms with Gasteiger partial charge >= 0.3 is 5.97 Å². The average Bonchev–Trinajstić information content (AvgIpc) is 2.25. The smallest absolute Gasteiger partial charge is 0.316 e. The lowest BCUT2D eigenvalue weighted by molar-refractivity contribution is -0.139. The van der Waals surface area contributed by atoms with Crippen LogP contribution in [0.4, 0.5) is 0 Å². The van der Waals surface area contributed by atoms with Gasteiger partial charge < -0.3 is 4.74 Å². The molecule has 1 rings (SSSR count). The summed E-state index contributed by atoms with van der Waals surface area (Å²) in [6.45, 7) is 5.80. The number of hydrogen-bond donors (Lipinski definition) is 0. The zero-order valence-electron chi connectivity index (χ0n) is 8.73. The maximum atomic E-state index is 11.2. The quantitative estimate of drug-likeness (QED) is 0.435. The molecular formula is C12H14O2S. The van der Waals surface area contributed by atoms with Gasteiger partial charge in [0.05, 0.1) is 5.75 Å². The second-order valence-electron chi connectivity index (χ2n) is 3.07. The van der Waals surface area contributed by atoms with Gasteiger partial charge in [0.15, 0.2) is 0 Å². The molecule has 0 atom stereocenters. The van der Waals surface area contributed by atoms with Gasteiger partial charge in [0.25, 0.3) is 0 Å². The highest BCUT2D eigenvalue weighted by Crippen LogP contribution is 2.18. The molecule has 0 N–H and O–H groups in total. The minimum atomic E-state index is -0.208. The van der Waals surface area contributed by atoms with Crippen molar-refractivity contribution >= 4 is 17.7 Å². The third-order valence-corrected chi connectivity index (χ3v) is 2.73. The second kappa shape index (κ2) is 6.30. The van der Waals surface area contributed by atoms with Crippen molar-refractivity contribution in [2.45, 2.75) is 11.8 Å². The zero-order valence-corrected chi connectivity index (χ0v) is 9.55. The lowest BCUT2D eigenvalue weighted by Gasteiger charge is -2.02. The molecule has 1 aromatic carbocycles. The number of ether oxygens (including phenoxy) is 1. The SMILES string of the molecule is C=CCOC(=O)CSc1ccc(C)cc1. The fourth-order valence-corrected chi connectivity index (χ4v) is 1.67. The molecule has 0 heterocycles. The van der Waals surface area contributed by atoms with Gasteiger partial charge in [-0.1, -0.05) is 30.4 Å². The molecule has 15 heavy (non-hydrogen) atoms. The summed E-state index contributed by atoms with van der Waals surface area (Å²) in [7, 11) is 0. The molecular weight excluding hydrogens is 208 g/mol. The highest BCUT2D eigenvalue weighted by atomic mass is 32.2. The Morgan fingerprint density at radius 2 is 2.13 bits per heavy atom. The molecule has 0 unspecified atom stereocenters. The number of carbonyl (C=O) groups excluding carboxylic acids is 1. The molecule has 0 aliphatic carbocycles. The Balaban J connectivity index is 2.33. The fraction of sp³-hybridized carbons (Fsp3) is 0.250. The molecule has 3 heteroatoms. The topological polar surface area (TPSA) is 26.3 Å². The van der Waals surface area contributed by atoms with Crippen LogP contribution in [0.1, 0.15) is 5.56 Å². The highest BCUT2D eigenvalue weighted by molar-refractivity contribution is 8.00. The molecule has 0 spiro atoms. The summed E-state index contributed by atoms with van der Waals surface area (Å²) in [6, 6.07) is 8.05. The van der Waals surface area contributed by atoms with Crippen molar-refractivity contribution in [1.82, 2.24) is 0 Å². The van der Waals surface area contributed by atoms with Crippen molar-refractivity contribution < 1.29 is 9.53 Å². The summed E-state index contributed by atoms with van der Waals surface area (Å²) in [5.41, 5.74) is 1.22. The van der Waals surface area contributed by atoms with Crippen LogP contribution < -0.4 is 0 Å². The van der Waals surface area contributed by atoms with Crippen LogP contribution in [-0.4, -0.2) is 18.3 Å². The number of rotatable bonds is 5. The van der Waals surface area contributed by atoms with E-state index >= 15 is 0 Å². The minimum Gasteiger partial charge on any atom is -0.461 e. The summed E-state index contributed by atoms with van der Waals surface area (Å²) >= 11 is 1.48. The van der Waals surface area contributed by atoms with Crippen LogP contribution in [0.2, 0.25) is 0 Å². The van der Waals surface area contributed by atoms with Crippen molar-refractivity contribution in [3.8, 4) is 0 Å². The number of carbonyl (C=O) groups is 1. The Hall–Kier alpha value is -1.22. The normalized spacial score (nSPS) is 9.67. The van der Waals surface area contributed by atoms with E-state index in [1.807, 2.05) is 31.2 Å². The third-order valence-electron chi connectivity index (χ3n) is 1.74. The molecule has 0 bridgehead atoms. The first-order chi connectivity index (χ1) is 7.22. The summed E-state index contributed by atoms with van der Waals surface area (Å²) in [5, 5.41) is 0. The van der Waals surface area contributed by atoms with Gasteiger partial charge in [-0.05, 0) is 19.1 Å². The van der Waals surface area contributed by atoms with Crippen molar-refractivity contribution in [2.24, 2.45) is 0 Å². The zero-order chi connectivity index (χ0) is 11.1. The highest BCUT2D eigenvalue weighted by Gasteiger charge is 2.02. The molecule has 80 valence electrons. The van der Waals surface area contributed by atoms with Gasteiger partial charge in [0.1, 0.15) is 6.61 Å². The largest absolute Gasteiger partial charge is 0.461 e. The van der Waals surface area contributed by atoms with Crippen LogP contribution in [0.25, 0.3) is 0 Å². The molecule has 2 nitrogen and oxygen atoms in total. The number of aryl methyl sites for hydroxylation is 1. The predicted molar refractivity (Wildman–Crippen MR) is 63.1 cm³/mol. The maximum Gasteiger partial charge on any atom is 0.316 e. The molecule has 0 aliphatic heterocycles. The van der Waals surface area contributed by atoms with Crippen molar-refractivity contribution in [3.05, 3.63) is 42.5 Å². The van der Waals surface area contributed by atoms with Crippen LogP contribution in [-0.2, 0) is 9.53 Å². The van der Waals surface area contributed by atoms with E-state index in [0.717, 1.165) is 4.90 Å². The first-order valence-corrected chi connectivity index (χ1v) is 5.67. The average molecular weight is 222 g/mol. The number of esters is 1. The first-order valence-electron chi connectivity index (χ1n) is 4.68. The molecule has 0 amide bonds. The number of benzene rings is 1. The Labute approximate surface area is 94.3 Å². The van der Waals surface area contributed by atoms with Crippen molar-refractivity contribution in [3.63, 3.8) is 0 Å². The lowest BCUT2D eigenvalue weighted by atomic mass is 10.2. The van der Waals surface area contributed by atoms with E-state index < -0.39 is 0 Å². The second-order valence-corrected chi connectivity index (χ2v) is 4.12. The summed E-state index contributed by atoms with van der Waals surface area (Å²) in [4.78, 5) is 12.2. The monoisotopic (exact) mass is 222 g/mol. The standard InChI is InChI=1S/C12H14O2S/c1-3-8-14-12(13)9-15-11-6-4-10(2)5-7-11/h3-7H,1,8-9H2,2H3. The Morgan fingerprint density at radius 1 is 1.47 bits per heavy atom. The summed E-state index contributed by atoms with van der Waals surface area (Å²) in [6.07, 6.45) is 1.56. The van der Waals surface area contributed by atoms with Gasteiger partial charge in [-0.2, -0.15) is 0 Å². The molecule has 0 fully saturated rings. The van der Waals surface area contributed by atoms with Gasteiger partial charge in [-0.25, -0.2) is 0 Å². The van der Waals surface area contributed by atoms with Crippen molar-refractivity contribution in [1.29, 1.82) is 0 Å². The Bertz CT molecular complexity index is 330. The van der Waals surface area contributed by atoms with Gasteiger partial charge in [0, 0.05) is 4.90 Å². The first kappa shape index (κ1) is 11.9. The van der Waals surface area contributed by atoms with E-state index in [1.54, 1.807) is 6.08 Å². The van der Waals surface area contributed by atoms with Crippen LogP contribution in [0.5, 0.6) is 0 Å². The van der Waals surface area contributed by atoms with E-state index in [1.165, 1.54) is 17.3 Å². The molecule has 0 aliphatic rings. The van der Waals surface area contributed by atoms with E-state index in [4.69, 9.17) is 4.74 Å². The Kier molecular flexibility index (Phi) is 4.98. The molecule has 0 aromatic heterocycles. The van der Waals surface area contributed by atoms with Crippen molar-refractivity contribution in [2.75, 3.05) is 12.4 Å². The Morgan fingerprint density at radius 3 is 2.73 bits per heavy atom. The van der Waals surface area contributed by atoms with E-state index in [2.05, 4.69) is 6.58 Å². The maximum absolute atomic E-state index is 11.2. The molecule has 0 saturated carbocycles. The number of hydrogen-bond acceptors (Lipinski definition) is 3. The minimum absolute atomic E-state index is 0.208. The fourth-order valence-electron chi connectivity index (χ4n) is 0.970. The molecule has 0 radical (unpaired) electrons. The molecule has 1 aromatic rings. The van der Waals surface area contributed by atoms with Crippen LogP contribution >= 0.6 is 11.8 Å². The van der Waals surface area contributed by atoms with Crippen LogP contribution in [0.3, 0.4) is 0 Å². The van der Waals surface area contributed by atoms with Gasteiger partial charge in [-0.3, -0.25) is 4.79 Å². The molecule has 0 saturated heterocycles. The predicted octanol–water partition coefficient (Wildman–Crippen LogP) is 2.82. The van der Waals surface area contributed by atoms with E-state index in [9.17, 15) is 4.79 Å². The van der Waals surface area contributed by atoms with E-state index in [0.29, 0.717) is 5.75 Å².